The average Bonchev–Trinajstić information content (AvgIpc) is 3.20. The molecule has 0 saturated heterocycles. The number of hydrazone groups is 1. The van der Waals surface area contributed by atoms with Gasteiger partial charge in [0, 0.05) is 0 Å². The normalized spacial score (nSPS) is 17.8. The number of hydroxylamine groups is 2. The SMILES string of the molecule is CON=C(C)C1(N(OC(=O)OC(C)(C)C)C(=O)OC(C)(C)C)C(=O)N(c2ccccc2)N=C1S(=O)(=O)c1ccccc1. The molecule has 42 heavy (non-hydrogen) atoms. The Bertz CT molecular complexity index is 1500. The van der Waals surface area contributed by atoms with Crippen molar-refractivity contribution in [1.82, 2.24) is 5.06 Å². The first-order valence-corrected chi connectivity index (χ1v) is 14.2. The van der Waals surface area contributed by atoms with Crippen molar-refractivity contribution >= 4 is 44.4 Å². The molecule has 1 unspecified atom stereocenters. The van der Waals surface area contributed by atoms with Gasteiger partial charge in [-0.25, -0.2) is 18.0 Å². The predicted octanol–water partition coefficient (Wildman–Crippen LogP) is 4.69. The monoisotopic (exact) mass is 602 g/mol. The molecule has 1 aliphatic rings. The molecule has 0 saturated carbocycles. The lowest BCUT2D eigenvalue weighted by Gasteiger charge is -2.37. The maximum atomic E-state index is 14.5. The summed E-state index contributed by atoms with van der Waals surface area (Å²) < 4.78 is 39.2. The zero-order valence-electron chi connectivity index (χ0n) is 24.6. The molecule has 2 aromatic rings. The molecule has 0 radical (unpaired) electrons. The van der Waals surface area contributed by atoms with E-state index >= 15 is 0 Å². The van der Waals surface area contributed by atoms with E-state index < -0.39 is 55.5 Å². The summed E-state index contributed by atoms with van der Waals surface area (Å²) in [5.74, 6) is -1.13. The van der Waals surface area contributed by atoms with E-state index in [1.54, 1.807) is 45.0 Å². The first-order valence-electron chi connectivity index (χ1n) is 12.8. The van der Waals surface area contributed by atoms with Gasteiger partial charge in [0.05, 0.1) is 10.6 Å². The highest BCUT2D eigenvalue weighted by Gasteiger charge is 2.67. The van der Waals surface area contributed by atoms with Crippen LogP contribution in [0.2, 0.25) is 0 Å². The maximum Gasteiger partial charge on any atom is 0.534 e. The van der Waals surface area contributed by atoms with Crippen LogP contribution in [0.15, 0.2) is 75.8 Å². The van der Waals surface area contributed by atoms with E-state index in [0.717, 1.165) is 12.1 Å². The van der Waals surface area contributed by atoms with Crippen molar-refractivity contribution in [2.24, 2.45) is 10.3 Å². The van der Waals surface area contributed by atoms with Gasteiger partial charge in [0.2, 0.25) is 14.9 Å². The van der Waals surface area contributed by atoms with Gasteiger partial charge in [0.1, 0.15) is 24.0 Å². The Morgan fingerprint density at radius 1 is 0.905 bits per heavy atom. The Kier molecular flexibility index (Phi) is 9.01. The van der Waals surface area contributed by atoms with Crippen LogP contribution in [-0.2, 0) is 33.8 Å². The Morgan fingerprint density at radius 3 is 1.93 bits per heavy atom. The largest absolute Gasteiger partial charge is 0.534 e. The molecule has 0 fully saturated rings. The van der Waals surface area contributed by atoms with Gasteiger partial charge < -0.3 is 14.3 Å². The van der Waals surface area contributed by atoms with E-state index in [2.05, 4.69) is 10.3 Å². The number of carbonyl (C=O) groups is 3. The molecular formula is C28H34N4O9S. The lowest BCUT2D eigenvalue weighted by atomic mass is 9.94. The number of ether oxygens (including phenoxy) is 2. The lowest BCUT2D eigenvalue weighted by molar-refractivity contribution is -0.163. The minimum Gasteiger partial charge on any atom is -0.442 e. The summed E-state index contributed by atoms with van der Waals surface area (Å²) in [6, 6.07) is 15.0. The first kappa shape index (κ1) is 32.1. The number of sulfone groups is 1. The van der Waals surface area contributed by atoms with Crippen molar-refractivity contribution < 1.29 is 42.0 Å². The van der Waals surface area contributed by atoms with Crippen molar-refractivity contribution in [3.05, 3.63) is 60.7 Å². The molecule has 0 N–H and O–H groups in total. The summed E-state index contributed by atoms with van der Waals surface area (Å²) in [6.07, 6.45) is -2.83. The molecule has 14 heteroatoms. The third kappa shape index (κ3) is 6.54. The number of hydrogen-bond donors (Lipinski definition) is 0. The molecular weight excluding hydrogens is 568 g/mol. The number of rotatable bonds is 5. The van der Waals surface area contributed by atoms with Gasteiger partial charge in [-0.1, -0.05) is 41.6 Å². The molecule has 1 heterocycles. The first-order chi connectivity index (χ1) is 19.4. The molecule has 1 atom stereocenters. The number of nitrogens with zero attached hydrogens (tertiary/aromatic N) is 4. The second kappa shape index (κ2) is 11.8. The van der Waals surface area contributed by atoms with E-state index in [1.165, 1.54) is 64.1 Å². The Labute approximate surface area is 244 Å². The number of oxime groups is 1. The summed E-state index contributed by atoms with van der Waals surface area (Å²) in [6.45, 7) is 10.4. The van der Waals surface area contributed by atoms with Crippen LogP contribution in [0.1, 0.15) is 48.5 Å². The summed E-state index contributed by atoms with van der Waals surface area (Å²) in [5, 5.41) is 8.13. The zero-order valence-corrected chi connectivity index (χ0v) is 25.5. The minimum atomic E-state index is -4.71. The number of hydrogen-bond acceptors (Lipinski definition) is 11. The van der Waals surface area contributed by atoms with Crippen LogP contribution in [0.25, 0.3) is 0 Å². The fourth-order valence-electron chi connectivity index (χ4n) is 3.88. The number of amides is 2. The Balaban J connectivity index is 2.43. The van der Waals surface area contributed by atoms with Crippen LogP contribution in [-0.4, -0.2) is 66.2 Å². The van der Waals surface area contributed by atoms with Crippen LogP contribution in [0.3, 0.4) is 0 Å². The van der Waals surface area contributed by atoms with E-state index in [1.807, 2.05) is 0 Å². The third-order valence-corrected chi connectivity index (χ3v) is 7.26. The van der Waals surface area contributed by atoms with Crippen LogP contribution in [0.4, 0.5) is 15.3 Å². The Morgan fingerprint density at radius 2 is 1.43 bits per heavy atom. The van der Waals surface area contributed by atoms with E-state index in [0.29, 0.717) is 0 Å². The number of benzene rings is 2. The predicted molar refractivity (Wildman–Crippen MR) is 153 cm³/mol. The molecule has 2 aromatic carbocycles. The zero-order chi connectivity index (χ0) is 31.5. The van der Waals surface area contributed by atoms with Gasteiger partial charge in [-0.15, -0.1) is 5.06 Å². The summed E-state index contributed by atoms with van der Waals surface area (Å²) in [4.78, 5) is 51.4. The molecule has 2 amide bonds. The molecule has 0 bridgehead atoms. The quantitative estimate of drug-likeness (QED) is 0.269. The molecule has 1 aliphatic heterocycles. The Hall–Kier alpha value is -4.46. The molecule has 0 spiro atoms. The maximum absolute atomic E-state index is 14.5. The van der Waals surface area contributed by atoms with E-state index in [9.17, 15) is 22.8 Å². The van der Waals surface area contributed by atoms with E-state index in [-0.39, 0.29) is 15.6 Å². The van der Waals surface area contributed by atoms with Crippen molar-refractivity contribution in [2.45, 2.75) is 70.1 Å². The van der Waals surface area contributed by atoms with Crippen molar-refractivity contribution in [2.75, 3.05) is 12.1 Å². The highest BCUT2D eigenvalue weighted by Crippen LogP contribution is 2.38. The van der Waals surface area contributed by atoms with Gasteiger partial charge in [-0.3, -0.25) is 9.63 Å². The van der Waals surface area contributed by atoms with Crippen molar-refractivity contribution in [1.29, 1.82) is 0 Å². The van der Waals surface area contributed by atoms with Gasteiger partial charge in [0.15, 0.2) is 0 Å². The molecule has 0 aromatic heterocycles. The second-order valence-electron chi connectivity index (χ2n) is 11.1. The van der Waals surface area contributed by atoms with Gasteiger partial charge in [0.25, 0.3) is 11.4 Å². The second-order valence-corrected chi connectivity index (χ2v) is 12.9. The smallest absolute Gasteiger partial charge is 0.442 e. The summed E-state index contributed by atoms with van der Waals surface area (Å²) in [5.41, 5.74) is -5.38. The molecule has 13 nitrogen and oxygen atoms in total. The topological polar surface area (TPSA) is 153 Å². The summed E-state index contributed by atoms with van der Waals surface area (Å²) >= 11 is 0. The number of anilines is 1. The highest BCUT2D eigenvalue weighted by molar-refractivity contribution is 8.07. The molecule has 3 rings (SSSR count). The molecule has 0 aliphatic carbocycles. The van der Waals surface area contributed by atoms with Gasteiger partial charge in [-0.2, -0.15) is 10.1 Å². The van der Waals surface area contributed by atoms with Crippen LogP contribution >= 0.6 is 0 Å². The van der Waals surface area contributed by atoms with Gasteiger partial charge >= 0.3 is 12.2 Å². The fourth-order valence-corrected chi connectivity index (χ4v) is 5.51. The summed E-state index contributed by atoms with van der Waals surface area (Å²) in [7, 11) is -3.55. The van der Waals surface area contributed by atoms with Crippen molar-refractivity contribution in [3.8, 4) is 0 Å². The molecule has 226 valence electrons. The van der Waals surface area contributed by atoms with E-state index in [4.69, 9.17) is 19.1 Å². The number of carbonyl (C=O) groups excluding carboxylic acids is 3. The van der Waals surface area contributed by atoms with Crippen LogP contribution in [0.5, 0.6) is 0 Å². The fraction of sp³-hybridized carbons (Fsp3) is 0.393. The number of para-hydroxylation sites is 1. The van der Waals surface area contributed by atoms with Crippen molar-refractivity contribution in [3.63, 3.8) is 0 Å². The van der Waals surface area contributed by atoms with Crippen LogP contribution in [0, 0.1) is 0 Å². The highest BCUT2D eigenvalue weighted by atomic mass is 32.2. The standard InChI is InChI=1S/C28H34N4O9S/c1-19(30-38-8)28(32(24(34)39-26(2,3)4)41-25(35)40-27(5,6)7)22(42(36,37)21-17-13-10-14-18-21)29-31(23(28)33)20-15-11-9-12-16-20/h9-18H,1-8H3. The third-order valence-electron chi connectivity index (χ3n) is 5.48. The average molecular weight is 603 g/mol. The van der Waals surface area contributed by atoms with Gasteiger partial charge in [-0.05, 0) is 72.7 Å². The van der Waals surface area contributed by atoms with Crippen LogP contribution < -0.4 is 5.01 Å². The minimum absolute atomic E-state index is 0.150. The lowest BCUT2D eigenvalue weighted by Crippen LogP contribution is -2.67.